The van der Waals surface area contributed by atoms with Crippen LogP contribution in [0.5, 0.6) is 0 Å². The molecule has 1 fully saturated rings. The number of morpholine rings is 1. The molecule has 146 valence electrons. The lowest BCUT2D eigenvalue weighted by Crippen LogP contribution is -2.41. The number of anilines is 1. The molecule has 7 heteroatoms. The molecule has 0 aliphatic carbocycles. The van der Waals surface area contributed by atoms with Crippen LogP contribution in [0.3, 0.4) is 0 Å². The van der Waals surface area contributed by atoms with Gasteiger partial charge in [0.25, 0.3) is 0 Å². The van der Waals surface area contributed by atoms with Crippen LogP contribution in [0.15, 0.2) is 41.4 Å². The van der Waals surface area contributed by atoms with Gasteiger partial charge in [0.2, 0.25) is 0 Å². The number of aliphatic imine (C=N–C) groups is 1. The van der Waals surface area contributed by atoms with Crippen LogP contribution in [-0.4, -0.2) is 74.9 Å². The summed E-state index contributed by atoms with van der Waals surface area (Å²) in [4.78, 5) is 11.7. The van der Waals surface area contributed by atoms with E-state index in [1.807, 2.05) is 24.3 Å². The summed E-state index contributed by atoms with van der Waals surface area (Å²) < 4.78 is 5.38. The molecule has 3 rings (SSSR count). The van der Waals surface area contributed by atoms with Gasteiger partial charge in [0, 0.05) is 44.7 Å². The Bertz CT molecular complexity index is 729. The predicted octanol–water partition coefficient (Wildman–Crippen LogP) is 1.53. The summed E-state index contributed by atoms with van der Waals surface area (Å²) >= 11 is 0. The molecule has 2 heterocycles. The highest BCUT2D eigenvalue weighted by atomic mass is 16.5. The predicted molar refractivity (Wildman–Crippen MR) is 111 cm³/mol. The van der Waals surface area contributed by atoms with Gasteiger partial charge in [-0.1, -0.05) is 18.2 Å². The molecule has 0 radical (unpaired) electrons. The fourth-order valence-electron chi connectivity index (χ4n) is 3.01. The first-order valence-corrected chi connectivity index (χ1v) is 9.77. The smallest absolute Gasteiger partial charge is 0.191 e. The average Bonchev–Trinajstić information content (AvgIpc) is 2.72. The number of guanidine groups is 1. The zero-order valence-corrected chi connectivity index (χ0v) is 16.1. The van der Waals surface area contributed by atoms with Gasteiger partial charge in [-0.3, -0.25) is 9.89 Å². The van der Waals surface area contributed by atoms with Crippen molar-refractivity contribution in [3.05, 3.63) is 36.4 Å². The van der Waals surface area contributed by atoms with E-state index in [-0.39, 0.29) is 0 Å². The van der Waals surface area contributed by atoms with Gasteiger partial charge in [-0.2, -0.15) is 0 Å². The highest BCUT2D eigenvalue weighted by Crippen LogP contribution is 2.14. The van der Waals surface area contributed by atoms with E-state index in [9.17, 15) is 0 Å². The molecule has 0 saturated carbocycles. The number of fused-ring (bicyclic) bond motifs is 1. The second kappa shape index (κ2) is 10.7. The Morgan fingerprint density at radius 1 is 1.11 bits per heavy atom. The Morgan fingerprint density at radius 3 is 2.81 bits per heavy atom. The highest BCUT2D eigenvalue weighted by Gasteiger charge is 2.09. The summed E-state index contributed by atoms with van der Waals surface area (Å²) in [6, 6.07) is 12.3. The molecular formula is C20H30N6O. The molecule has 1 saturated heterocycles. The molecule has 0 spiro atoms. The van der Waals surface area contributed by atoms with Crippen LogP contribution in [-0.2, 0) is 4.74 Å². The molecule has 0 unspecified atom stereocenters. The monoisotopic (exact) mass is 370 g/mol. The zero-order valence-electron chi connectivity index (χ0n) is 16.1. The van der Waals surface area contributed by atoms with E-state index in [2.05, 4.69) is 49.9 Å². The molecular weight excluding hydrogens is 340 g/mol. The number of benzene rings is 1. The lowest BCUT2D eigenvalue weighted by molar-refractivity contribution is 0.0394. The Morgan fingerprint density at radius 2 is 1.96 bits per heavy atom. The Hall–Kier alpha value is -2.38. The normalized spacial score (nSPS) is 15.7. The van der Waals surface area contributed by atoms with E-state index in [0.717, 1.165) is 81.7 Å². The maximum Gasteiger partial charge on any atom is 0.191 e. The average molecular weight is 371 g/mol. The van der Waals surface area contributed by atoms with Crippen LogP contribution in [0.25, 0.3) is 10.9 Å². The number of rotatable bonds is 8. The minimum Gasteiger partial charge on any atom is -0.379 e. The van der Waals surface area contributed by atoms with E-state index < -0.39 is 0 Å². The van der Waals surface area contributed by atoms with Gasteiger partial charge in [-0.05, 0) is 25.1 Å². The summed E-state index contributed by atoms with van der Waals surface area (Å²) in [7, 11) is 0. The fourth-order valence-corrected chi connectivity index (χ4v) is 3.01. The molecule has 2 aromatic rings. The molecule has 0 amide bonds. The second-order valence-electron chi connectivity index (χ2n) is 6.46. The molecule has 1 aromatic heterocycles. The van der Waals surface area contributed by atoms with Crippen LogP contribution in [0.4, 0.5) is 5.82 Å². The SMILES string of the molecule is CCNC(=NCCN1CCOCC1)NCCNc1ccc2ccccc2n1. The Kier molecular flexibility index (Phi) is 7.68. The van der Waals surface area contributed by atoms with Crippen LogP contribution in [0.1, 0.15) is 6.92 Å². The molecule has 0 bridgehead atoms. The van der Waals surface area contributed by atoms with E-state index >= 15 is 0 Å². The van der Waals surface area contributed by atoms with Crippen molar-refractivity contribution in [2.75, 3.05) is 64.3 Å². The number of ether oxygens (including phenoxy) is 1. The van der Waals surface area contributed by atoms with Gasteiger partial charge in [0.1, 0.15) is 5.82 Å². The lowest BCUT2D eigenvalue weighted by atomic mass is 10.2. The van der Waals surface area contributed by atoms with Crippen LogP contribution < -0.4 is 16.0 Å². The molecule has 1 aliphatic rings. The van der Waals surface area contributed by atoms with E-state index in [0.29, 0.717) is 0 Å². The fraction of sp³-hybridized carbons (Fsp3) is 0.500. The standard InChI is InChI=1S/C20H30N6O/c1-2-21-20(24-11-12-26-13-15-27-16-14-26)23-10-9-22-19-8-7-17-5-3-4-6-18(17)25-19/h3-8H,2,9-16H2,1H3,(H,22,25)(H2,21,23,24). The highest BCUT2D eigenvalue weighted by molar-refractivity contribution is 5.80. The number of para-hydroxylation sites is 1. The maximum absolute atomic E-state index is 5.38. The largest absolute Gasteiger partial charge is 0.379 e. The number of pyridine rings is 1. The first-order valence-electron chi connectivity index (χ1n) is 9.77. The summed E-state index contributed by atoms with van der Waals surface area (Å²) in [5, 5.41) is 11.2. The summed E-state index contributed by atoms with van der Waals surface area (Å²) in [6.45, 7) is 9.90. The van der Waals surface area contributed by atoms with Crippen molar-refractivity contribution in [1.29, 1.82) is 0 Å². The molecule has 3 N–H and O–H groups in total. The minimum absolute atomic E-state index is 0.776. The number of hydrogen-bond donors (Lipinski definition) is 3. The third-order valence-electron chi connectivity index (χ3n) is 4.46. The maximum atomic E-state index is 5.38. The third kappa shape index (κ3) is 6.37. The summed E-state index contributed by atoms with van der Waals surface area (Å²) in [5.41, 5.74) is 1.01. The number of hydrogen-bond acceptors (Lipinski definition) is 5. The van der Waals surface area contributed by atoms with Crippen LogP contribution >= 0.6 is 0 Å². The van der Waals surface area contributed by atoms with Crippen molar-refractivity contribution in [2.45, 2.75) is 6.92 Å². The van der Waals surface area contributed by atoms with Crippen LogP contribution in [0.2, 0.25) is 0 Å². The quantitative estimate of drug-likeness (QED) is 0.372. The minimum atomic E-state index is 0.776. The van der Waals surface area contributed by atoms with Gasteiger partial charge in [0.05, 0.1) is 25.3 Å². The molecule has 1 aliphatic heterocycles. The number of nitrogens with zero attached hydrogens (tertiary/aromatic N) is 3. The van der Waals surface area contributed by atoms with Gasteiger partial charge < -0.3 is 20.7 Å². The molecule has 7 nitrogen and oxygen atoms in total. The van der Waals surface area contributed by atoms with Gasteiger partial charge >= 0.3 is 0 Å². The lowest BCUT2D eigenvalue weighted by Gasteiger charge is -2.25. The van der Waals surface area contributed by atoms with Crippen molar-refractivity contribution in [3.63, 3.8) is 0 Å². The van der Waals surface area contributed by atoms with Crippen molar-refractivity contribution in [1.82, 2.24) is 20.5 Å². The molecule has 1 aromatic carbocycles. The summed E-state index contributed by atoms with van der Waals surface area (Å²) in [6.07, 6.45) is 0. The van der Waals surface area contributed by atoms with E-state index in [1.54, 1.807) is 0 Å². The Labute approximate surface area is 161 Å². The molecule has 0 atom stereocenters. The molecule has 27 heavy (non-hydrogen) atoms. The zero-order chi connectivity index (χ0) is 18.7. The van der Waals surface area contributed by atoms with Crippen molar-refractivity contribution < 1.29 is 4.74 Å². The topological polar surface area (TPSA) is 73.8 Å². The van der Waals surface area contributed by atoms with Crippen LogP contribution in [0, 0.1) is 0 Å². The van der Waals surface area contributed by atoms with Crippen molar-refractivity contribution >= 4 is 22.7 Å². The van der Waals surface area contributed by atoms with Gasteiger partial charge in [0.15, 0.2) is 5.96 Å². The van der Waals surface area contributed by atoms with Gasteiger partial charge in [-0.15, -0.1) is 0 Å². The summed E-state index contributed by atoms with van der Waals surface area (Å²) in [5.74, 6) is 1.75. The van der Waals surface area contributed by atoms with Gasteiger partial charge in [-0.25, -0.2) is 4.98 Å². The first-order chi connectivity index (χ1) is 13.3. The second-order valence-corrected chi connectivity index (χ2v) is 6.46. The first kappa shape index (κ1) is 19.4. The van der Waals surface area contributed by atoms with Crippen molar-refractivity contribution in [2.24, 2.45) is 4.99 Å². The van der Waals surface area contributed by atoms with E-state index in [1.165, 1.54) is 0 Å². The van der Waals surface area contributed by atoms with Crippen molar-refractivity contribution in [3.8, 4) is 0 Å². The third-order valence-corrected chi connectivity index (χ3v) is 4.46. The number of aromatic nitrogens is 1. The van der Waals surface area contributed by atoms with E-state index in [4.69, 9.17) is 4.74 Å². The Balaban J connectivity index is 1.40. The number of nitrogens with one attached hydrogen (secondary N) is 3.